The van der Waals surface area contributed by atoms with Crippen LogP contribution < -0.4 is 0 Å². The molecule has 0 unspecified atom stereocenters. The van der Waals surface area contributed by atoms with Gasteiger partial charge in [0.15, 0.2) is 0 Å². The molecule has 0 atom stereocenters. The van der Waals surface area contributed by atoms with Crippen LogP contribution in [-0.4, -0.2) is 23.7 Å². The summed E-state index contributed by atoms with van der Waals surface area (Å²) in [4.78, 5) is 7.54. The van der Waals surface area contributed by atoms with Gasteiger partial charge in [0.25, 0.3) is 0 Å². The van der Waals surface area contributed by atoms with E-state index in [-0.39, 0.29) is 0 Å². The molecule has 2 aromatic carbocycles. The highest BCUT2D eigenvalue weighted by Gasteiger charge is 2.52. The number of likely N-dealkylation sites (tertiary alicyclic amines) is 1. The Kier molecular flexibility index (Phi) is 3.55. The van der Waals surface area contributed by atoms with E-state index in [1.807, 2.05) is 0 Å². The Morgan fingerprint density at radius 2 is 1.50 bits per heavy atom. The van der Waals surface area contributed by atoms with Gasteiger partial charge < -0.3 is 0 Å². The molecule has 0 aromatic heterocycles. The molecule has 1 saturated heterocycles. The second-order valence-corrected chi connectivity index (χ2v) is 6.66. The molecule has 1 aliphatic carbocycles. The Labute approximate surface area is 132 Å². The zero-order valence-corrected chi connectivity index (χ0v) is 12.9. The number of hydrogen-bond acceptors (Lipinski definition) is 2. The predicted molar refractivity (Wildman–Crippen MR) is 91.0 cm³/mol. The van der Waals surface area contributed by atoms with Crippen LogP contribution in [0.2, 0.25) is 0 Å². The molecule has 0 bridgehead atoms. The van der Waals surface area contributed by atoms with Gasteiger partial charge in [-0.3, -0.25) is 9.89 Å². The fraction of sp³-hybridized carbons (Fsp3) is 0.350. The lowest BCUT2D eigenvalue weighted by atomic mass is 10.0. The first-order valence-corrected chi connectivity index (χ1v) is 8.18. The third kappa shape index (κ3) is 2.84. The average Bonchev–Trinajstić information content (AvgIpc) is 3.25. The molecule has 4 rings (SSSR count). The van der Waals surface area contributed by atoms with Gasteiger partial charge in [-0.2, -0.15) is 0 Å². The van der Waals surface area contributed by atoms with Gasteiger partial charge in [0.1, 0.15) is 0 Å². The lowest BCUT2D eigenvalue weighted by molar-refractivity contribution is 0.313. The molecular formula is C20H22N2. The number of hydrogen-bond donors (Lipinski definition) is 0. The maximum Gasteiger partial charge on any atom is 0.0639 e. The molecule has 0 amide bonds. The van der Waals surface area contributed by atoms with Gasteiger partial charge >= 0.3 is 0 Å². The summed E-state index contributed by atoms with van der Waals surface area (Å²) in [5.74, 6) is 0. The predicted octanol–water partition coefficient (Wildman–Crippen LogP) is 3.92. The quantitative estimate of drug-likeness (QED) is 0.833. The minimum Gasteiger partial charge on any atom is -0.293 e. The van der Waals surface area contributed by atoms with Crippen molar-refractivity contribution in [1.29, 1.82) is 0 Å². The van der Waals surface area contributed by atoms with Crippen LogP contribution in [0.1, 0.15) is 24.0 Å². The van der Waals surface area contributed by atoms with E-state index in [1.165, 1.54) is 36.2 Å². The average molecular weight is 290 g/mol. The zero-order valence-electron chi connectivity index (χ0n) is 12.9. The van der Waals surface area contributed by atoms with Gasteiger partial charge in [-0.05, 0) is 24.0 Å². The Morgan fingerprint density at radius 1 is 0.864 bits per heavy atom. The molecule has 2 nitrogen and oxygen atoms in total. The molecule has 1 heterocycles. The summed E-state index contributed by atoms with van der Waals surface area (Å²) in [6, 6.07) is 21.4. The summed E-state index contributed by atoms with van der Waals surface area (Å²) >= 11 is 0. The second-order valence-electron chi connectivity index (χ2n) is 6.66. The van der Waals surface area contributed by atoms with E-state index in [4.69, 9.17) is 4.99 Å². The molecule has 1 aliphatic heterocycles. The SMILES string of the molecule is c1ccc(CN=C2CN(Cc3ccccc3)CC23CC3)cc1. The van der Waals surface area contributed by atoms with E-state index in [2.05, 4.69) is 65.6 Å². The Bertz CT molecular complexity index is 657. The van der Waals surface area contributed by atoms with Crippen molar-refractivity contribution in [2.75, 3.05) is 13.1 Å². The van der Waals surface area contributed by atoms with E-state index in [9.17, 15) is 0 Å². The molecule has 2 fully saturated rings. The van der Waals surface area contributed by atoms with E-state index in [0.717, 1.165) is 19.6 Å². The van der Waals surface area contributed by atoms with Crippen molar-refractivity contribution in [3.8, 4) is 0 Å². The zero-order chi connectivity index (χ0) is 14.8. The molecule has 22 heavy (non-hydrogen) atoms. The van der Waals surface area contributed by atoms with Crippen LogP contribution in [-0.2, 0) is 13.1 Å². The Hall–Kier alpha value is -1.93. The van der Waals surface area contributed by atoms with Crippen LogP contribution >= 0.6 is 0 Å². The third-order valence-corrected chi connectivity index (χ3v) is 4.91. The third-order valence-electron chi connectivity index (χ3n) is 4.91. The highest BCUT2D eigenvalue weighted by Crippen LogP contribution is 2.51. The van der Waals surface area contributed by atoms with E-state index in [1.54, 1.807) is 0 Å². The topological polar surface area (TPSA) is 15.6 Å². The van der Waals surface area contributed by atoms with Crippen molar-refractivity contribution in [2.24, 2.45) is 10.4 Å². The van der Waals surface area contributed by atoms with Gasteiger partial charge in [-0.25, -0.2) is 0 Å². The maximum absolute atomic E-state index is 4.98. The summed E-state index contributed by atoms with van der Waals surface area (Å²) in [5, 5.41) is 0. The summed E-state index contributed by atoms with van der Waals surface area (Å²) < 4.78 is 0. The fourth-order valence-corrected chi connectivity index (χ4v) is 3.49. The highest BCUT2D eigenvalue weighted by atomic mass is 15.2. The lowest BCUT2D eigenvalue weighted by Crippen LogP contribution is -2.20. The van der Waals surface area contributed by atoms with E-state index < -0.39 is 0 Å². The number of benzene rings is 2. The molecule has 0 N–H and O–H groups in total. The summed E-state index contributed by atoms with van der Waals surface area (Å²) in [7, 11) is 0. The maximum atomic E-state index is 4.98. The summed E-state index contributed by atoms with van der Waals surface area (Å²) in [6.45, 7) is 4.11. The van der Waals surface area contributed by atoms with Gasteiger partial charge in [-0.1, -0.05) is 60.7 Å². The van der Waals surface area contributed by atoms with E-state index >= 15 is 0 Å². The van der Waals surface area contributed by atoms with Crippen LogP contribution in [0.15, 0.2) is 65.7 Å². The molecule has 2 aromatic rings. The molecule has 0 radical (unpaired) electrons. The van der Waals surface area contributed by atoms with Crippen molar-refractivity contribution < 1.29 is 0 Å². The van der Waals surface area contributed by atoms with Crippen molar-refractivity contribution >= 4 is 5.71 Å². The molecule has 1 saturated carbocycles. The minimum atomic E-state index is 0.420. The smallest absolute Gasteiger partial charge is 0.0639 e. The molecule has 112 valence electrons. The van der Waals surface area contributed by atoms with Crippen LogP contribution in [0.4, 0.5) is 0 Å². The summed E-state index contributed by atoms with van der Waals surface area (Å²) in [6.07, 6.45) is 2.65. The lowest BCUT2D eigenvalue weighted by Gasteiger charge is -2.14. The van der Waals surface area contributed by atoms with Crippen molar-refractivity contribution in [3.05, 3.63) is 71.8 Å². The van der Waals surface area contributed by atoms with Crippen molar-refractivity contribution in [2.45, 2.75) is 25.9 Å². The minimum absolute atomic E-state index is 0.420. The van der Waals surface area contributed by atoms with Crippen LogP contribution in [0.3, 0.4) is 0 Å². The van der Waals surface area contributed by atoms with Gasteiger partial charge in [-0.15, -0.1) is 0 Å². The molecular weight excluding hydrogens is 268 g/mol. The number of nitrogens with zero attached hydrogens (tertiary/aromatic N) is 2. The van der Waals surface area contributed by atoms with Gasteiger partial charge in [0, 0.05) is 30.8 Å². The molecule has 2 aliphatic rings. The van der Waals surface area contributed by atoms with Crippen LogP contribution in [0.5, 0.6) is 0 Å². The largest absolute Gasteiger partial charge is 0.293 e. The first-order valence-electron chi connectivity index (χ1n) is 8.18. The highest BCUT2D eigenvalue weighted by molar-refractivity contribution is 5.96. The van der Waals surface area contributed by atoms with E-state index in [0.29, 0.717) is 5.41 Å². The monoisotopic (exact) mass is 290 g/mol. The van der Waals surface area contributed by atoms with Gasteiger partial charge in [0.2, 0.25) is 0 Å². The Balaban J connectivity index is 1.45. The molecule has 2 heteroatoms. The second kappa shape index (κ2) is 5.69. The molecule has 1 spiro atoms. The van der Waals surface area contributed by atoms with Crippen molar-refractivity contribution in [3.63, 3.8) is 0 Å². The first kappa shape index (κ1) is 13.7. The number of rotatable bonds is 4. The standard InChI is InChI=1S/C20H22N2/c1-3-7-17(8-4-1)13-21-19-15-22(16-20(19)11-12-20)14-18-9-5-2-6-10-18/h1-10H,11-16H2. The van der Waals surface area contributed by atoms with Gasteiger partial charge in [0.05, 0.1) is 6.54 Å². The van der Waals surface area contributed by atoms with Crippen LogP contribution in [0.25, 0.3) is 0 Å². The fourth-order valence-electron chi connectivity index (χ4n) is 3.49. The number of aliphatic imine (C=N–C) groups is 1. The Morgan fingerprint density at radius 3 is 2.14 bits per heavy atom. The van der Waals surface area contributed by atoms with Crippen molar-refractivity contribution in [1.82, 2.24) is 4.90 Å². The van der Waals surface area contributed by atoms with Crippen LogP contribution in [0, 0.1) is 5.41 Å². The summed E-state index contributed by atoms with van der Waals surface area (Å²) in [5.41, 5.74) is 4.58. The normalized spacial score (nSPS) is 21.5. The first-order chi connectivity index (χ1) is 10.8.